The molecule has 1 aromatic carbocycles. The van der Waals surface area contributed by atoms with Crippen LogP contribution in [0.1, 0.15) is 23.6 Å². The van der Waals surface area contributed by atoms with Crippen molar-refractivity contribution in [2.24, 2.45) is 7.05 Å². The molecule has 0 radical (unpaired) electrons. The fraction of sp³-hybridized carbons (Fsp3) is 0.318. The third-order valence-electron chi connectivity index (χ3n) is 5.68. The smallest absolute Gasteiger partial charge is 0.263 e. The minimum atomic E-state index is -0.571. The molecule has 0 N–H and O–H groups in total. The van der Waals surface area contributed by atoms with E-state index < -0.39 is 11.9 Å². The van der Waals surface area contributed by atoms with Gasteiger partial charge in [0.05, 0.1) is 29.7 Å². The predicted molar refractivity (Wildman–Crippen MR) is 120 cm³/mol. The predicted octanol–water partition coefficient (Wildman–Crippen LogP) is 3.37. The maximum Gasteiger partial charge on any atom is 0.263 e. The highest BCUT2D eigenvalue weighted by molar-refractivity contribution is 6.30. The zero-order valence-corrected chi connectivity index (χ0v) is 18.9. The van der Waals surface area contributed by atoms with Crippen LogP contribution in [0.15, 0.2) is 33.6 Å². The molecule has 0 saturated carbocycles. The van der Waals surface area contributed by atoms with Crippen LogP contribution in [0.2, 0.25) is 5.02 Å². The van der Waals surface area contributed by atoms with Gasteiger partial charge >= 0.3 is 0 Å². The van der Waals surface area contributed by atoms with E-state index in [0.717, 1.165) is 0 Å². The van der Waals surface area contributed by atoms with E-state index in [1.807, 2.05) is 4.90 Å². The zero-order valence-electron chi connectivity index (χ0n) is 18.2. The number of aromatic nitrogens is 5. The highest BCUT2D eigenvalue weighted by Crippen LogP contribution is 2.32. The number of aryl methyl sites for hydroxylation is 2. The highest BCUT2D eigenvalue weighted by atomic mass is 35.5. The molecular weight excluding hydrogens is 451 g/mol. The first-order valence-corrected chi connectivity index (χ1v) is 10.7. The molecule has 5 rings (SSSR count). The summed E-state index contributed by atoms with van der Waals surface area (Å²) in [6.45, 7) is 4.81. The molecule has 0 amide bonds. The second-order valence-electron chi connectivity index (χ2n) is 7.85. The molecule has 9 nitrogen and oxygen atoms in total. The molecule has 4 aromatic rings. The van der Waals surface area contributed by atoms with Gasteiger partial charge in [-0.3, -0.25) is 9.36 Å². The molecule has 0 bridgehead atoms. The van der Waals surface area contributed by atoms with E-state index in [0.29, 0.717) is 48.6 Å². The Morgan fingerprint density at radius 1 is 1.18 bits per heavy atom. The van der Waals surface area contributed by atoms with Crippen molar-refractivity contribution in [2.75, 3.05) is 24.6 Å². The summed E-state index contributed by atoms with van der Waals surface area (Å²) in [6, 6.07) is 6.03. The van der Waals surface area contributed by atoms with Crippen molar-refractivity contribution in [1.29, 1.82) is 0 Å². The molecule has 0 spiro atoms. The fourth-order valence-corrected chi connectivity index (χ4v) is 4.04. The Bertz CT molecular complexity index is 1440. The number of ether oxygens (including phenoxy) is 1. The number of pyridine rings is 1. The van der Waals surface area contributed by atoms with Crippen LogP contribution in [-0.4, -0.2) is 44.4 Å². The van der Waals surface area contributed by atoms with Gasteiger partial charge in [-0.05, 0) is 25.1 Å². The highest BCUT2D eigenvalue weighted by Gasteiger charge is 2.28. The maximum atomic E-state index is 14.9. The van der Waals surface area contributed by atoms with Crippen LogP contribution in [0.4, 0.5) is 10.2 Å². The summed E-state index contributed by atoms with van der Waals surface area (Å²) in [7, 11) is 1.62. The van der Waals surface area contributed by atoms with Gasteiger partial charge in [-0.15, -0.1) is 0 Å². The summed E-state index contributed by atoms with van der Waals surface area (Å²) < 4.78 is 27.2. The summed E-state index contributed by atoms with van der Waals surface area (Å²) in [4.78, 5) is 28.7. The van der Waals surface area contributed by atoms with Crippen LogP contribution < -0.4 is 10.5 Å². The molecule has 1 atom stereocenters. The molecule has 1 saturated heterocycles. The summed E-state index contributed by atoms with van der Waals surface area (Å²) in [5.41, 5.74) is 0.516. The van der Waals surface area contributed by atoms with Crippen molar-refractivity contribution in [3.63, 3.8) is 0 Å². The van der Waals surface area contributed by atoms with E-state index in [1.165, 1.54) is 16.7 Å². The Morgan fingerprint density at radius 2 is 2.00 bits per heavy atom. The third-order valence-corrected chi connectivity index (χ3v) is 5.91. The van der Waals surface area contributed by atoms with Gasteiger partial charge in [0.25, 0.3) is 5.56 Å². The quantitative estimate of drug-likeness (QED) is 0.449. The van der Waals surface area contributed by atoms with Crippen molar-refractivity contribution >= 4 is 28.3 Å². The van der Waals surface area contributed by atoms with E-state index in [2.05, 4.69) is 15.1 Å². The van der Waals surface area contributed by atoms with Crippen LogP contribution in [0.25, 0.3) is 22.2 Å². The minimum absolute atomic E-state index is 0.174. The summed E-state index contributed by atoms with van der Waals surface area (Å²) >= 11 is 5.95. The SMILES string of the molecule is Cc1nc([C@H]2CN(c3cc4nc(C)n(C)c(=O)c4c(-c4ccc(Cl)cc4F)n3)CCO2)no1. The standard InChI is InChI=1S/C22H20ClFN6O3/c1-11-25-16-9-18(30-6-7-32-17(10-30)21-26-12(2)33-28-21)27-20(19(16)22(31)29(11)3)14-5-4-13(23)8-15(14)24/h4-5,8-9,17H,6-7,10H2,1-3H3/t17-/m1/s1. The van der Waals surface area contributed by atoms with Gasteiger partial charge in [0.1, 0.15) is 23.6 Å². The van der Waals surface area contributed by atoms with Crippen molar-refractivity contribution in [3.8, 4) is 11.3 Å². The van der Waals surface area contributed by atoms with Crippen molar-refractivity contribution in [3.05, 3.63) is 63.0 Å². The van der Waals surface area contributed by atoms with Crippen molar-refractivity contribution in [1.82, 2.24) is 24.7 Å². The number of morpholine rings is 1. The number of benzene rings is 1. The Morgan fingerprint density at radius 3 is 2.73 bits per heavy atom. The molecule has 0 unspecified atom stereocenters. The Labute approximate surface area is 192 Å². The van der Waals surface area contributed by atoms with Crippen LogP contribution in [0, 0.1) is 19.7 Å². The van der Waals surface area contributed by atoms with Gasteiger partial charge in [0.2, 0.25) is 11.7 Å². The van der Waals surface area contributed by atoms with Gasteiger partial charge in [-0.1, -0.05) is 16.8 Å². The number of anilines is 1. The Hall–Kier alpha value is -3.37. The third kappa shape index (κ3) is 3.85. The summed E-state index contributed by atoms with van der Waals surface area (Å²) in [6.07, 6.45) is -0.414. The lowest BCUT2D eigenvalue weighted by molar-refractivity contribution is 0.0324. The number of fused-ring (bicyclic) bond motifs is 1. The largest absolute Gasteiger partial charge is 0.366 e. The molecule has 11 heteroatoms. The first-order chi connectivity index (χ1) is 15.8. The van der Waals surface area contributed by atoms with E-state index in [4.69, 9.17) is 25.8 Å². The van der Waals surface area contributed by atoms with E-state index in [1.54, 1.807) is 33.0 Å². The van der Waals surface area contributed by atoms with Crippen molar-refractivity contribution < 1.29 is 13.7 Å². The lowest BCUT2D eigenvalue weighted by Gasteiger charge is -2.32. The number of hydrogen-bond acceptors (Lipinski definition) is 8. The topological polar surface area (TPSA) is 99.2 Å². The molecule has 0 aliphatic carbocycles. The second-order valence-corrected chi connectivity index (χ2v) is 8.28. The average Bonchev–Trinajstić information content (AvgIpc) is 3.23. The number of nitrogens with zero attached hydrogens (tertiary/aromatic N) is 6. The van der Waals surface area contributed by atoms with Gasteiger partial charge in [0, 0.05) is 37.2 Å². The van der Waals surface area contributed by atoms with Crippen molar-refractivity contribution in [2.45, 2.75) is 20.0 Å². The number of hydrogen-bond donors (Lipinski definition) is 0. The van der Waals surface area contributed by atoms with E-state index in [9.17, 15) is 9.18 Å². The fourth-order valence-electron chi connectivity index (χ4n) is 3.88. The molecule has 3 aromatic heterocycles. The van der Waals surface area contributed by atoms with Gasteiger partial charge in [0.15, 0.2) is 0 Å². The average molecular weight is 471 g/mol. The molecular formula is C22H20ClFN6O3. The number of rotatable bonds is 3. The lowest BCUT2D eigenvalue weighted by atomic mass is 10.1. The van der Waals surface area contributed by atoms with E-state index >= 15 is 0 Å². The molecule has 170 valence electrons. The zero-order chi connectivity index (χ0) is 23.3. The van der Waals surface area contributed by atoms with Gasteiger partial charge in [-0.25, -0.2) is 14.4 Å². The Balaban J connectivity index is 1.67. The van der Waals surface area contributed by atoms with Gasteiger partial charge < -0.3 is 14.2 Å². The number of halogens is 2. The first-order valence-electron chi connectivity index (χ1n) is 10.3. The second kappa shape index (κ2) is 8.20. The van der Waals surface area contributed by atoms with Crippen LogP contribution in [0.3, 0.4) is 0 Å². The maximum absolute atomic E-state index is 14.9. The molecule has 33 heavy (non-hydrogen) atoms. The van der Waals surface area contributed by atoms with Crippen LogP contribution in [0.5, 0.6) is 0 Å². The summed E-state index contributed by atoms with van der Waals surface area (Å²) in [5, 5.41) is 4.46. The monoisotopic (exact) mass is 470 g/mol. The van der Waals surface area contributed by atoms with E-state index in [-0.39, 0.29) is 27.2 Å². The Kier molecular flexibility index (Phi) is 5.34. The first kappa shape index (κ1) is 21.5. The molecule has 1 aliphatic heterocycles. The van der Waals surface area contributed by atoms with Gasteiger partial charge in [-0.2, -0.15) is 4.98 Å². The normalized spacial score (nSPS) is 16.5. The molecule has 1 fully saturated rings. The van der Waals surface area contributed by atoms with Crippen LogP contribution >= 0.6 is 11.6 Å². The molecule has 1 aliphatic rings. The summed E-state index contributed by atoms with van der Waals surface area (Å²) in [5.74, 6) is 1.41. The lowest BCUT2D eigenvalue weighted by Crippen LogP contribution is -2.39. The minimum Gasteiger partial charge on any atom is -0.366 e. The molecule has 4 heterocycles. The van der Waals surface area contributed by atoms with Crippen LogP contribution in [-0.2, 0) is 11.8 Å².